The fraction of sp³-hybridized carbons (Fsp3) is 0.357. The van der Waals surface area contributed by atoms with Crippen LogP contribution in [0.2, 0.25) is 0 Å². The number of carbonyl (C=O) groups excluding carboxylic acids is 3. The van der Waals surface area contributed by atoms with Gasteiger partial charge in [0.2, 0.25) is 10.0 Å². The smallest absolute Gasteiger partial charge is 0.410 e. The van der Waals surface area contributed by atoms with Crippen LogP contribution in [0.4, 0.5) is 10.5 Å². The summed E-state index contributed by atoms with van der Waals surface area (Å²) in [5.74, 6) is -0.758. The third kappa shape index (κ3) is 12.1. The SMILES string of the molecule is C[C@@H](NC(=O)c1cc(C(=O)N[C@@H](Cc2ccccc2)[C@H](O)CNCC2CCN(C(=O)OCc3ccccc3)CC2)cc(N(C)S(C)(=O)=O)c1)c1ccccc1. The van der Waals surface area contributed by atoms with Crippen molar-refractivity contribution in [3.8, 4) is 0 Å². The van der Waals surface area contributed by atoms with E-state index < -0.39 is 34.0 Å². The van der Waals surface area contributed by atoms with Crippen molar-refractivity contribution in [2.24, 2.45) is 5.92 Å². The average Bonchev–Trinajstić information content (AvgIpc) is 3.20. The molecule has 1 aliphatic rings. The Hall–Kier alpha value is -5.24. The lowest BCUT2D eigenvalue weighted by atomic mass is 9.96. The van der Waals surface area contributed by atoms with Crippen molar-refractivity contribution in [2.75, 3.05) is 43.8 Å². The summed E-state index contributed by atoms with van der Waals surface area (Å²) in [7, 11) is -2.37. The first-order valence-electron chi connectivity index (χ1n) is 18.5. The third-order valence-corrected chi connectivity index (χ3v) is 11.1. The van der Waals surface area contributed by atoms with E-state index in [1.807, 2.05) is 97.9 Å². The summed E-state index contributed by atoms with van der Waals surface area (Å²) in [6.45, 7) is 4.04. The average molecular weight is 770 g/mol. The molecule has 0 unspecified atom stereocenters. The quantitative estimate of drug-likeness (QED) is 0.125. The first-order chi connectivity index (χ1) is 26.4. The molecule has 1 heterocycles. The molecule has 13 heteroatoms. The maximum atomic E-state index is 13.9. The number of hydrogen-bond donors (Lipinski definition) is 4. The Bertz CT molecular complexity index is 1980. The molecule has 3 atom stereocenters. The van der Waals surface area contributed by atoms with Crippen LogP contribution in [0, 0.1) is 5.92 Å². The maximum Gasteiger partial charge on any atom is 0.410 e. The zero-order chi connectivity index (χ0) is 39.4. The Morgan fingerprint density at radius 2 is 1.38 bits per heavy atom. The molecule has 4 N–H and O–H groups in total. The van der Waals surface area contributed by atoms with Gasteiger partial charge < -0.3 is 30.7 Å². The fourth-order valence-corrected chi connectivity index (χ4v) is 6.95. The van der Waals surface area contributed by atoms with Gasteiger partial charge in [-0.15, -0.1) is 0 Å². The van der Waals surface area contributed by atoms with E-state index in [-0.39, 0.29) is 48.0 Å². The van der Waals surface area contributed by atoms with Crippen LogP contribution < -0.4 is 20.3 Å². The normalized spacial score (nSPS) is 15.0. The molecule has 0 radical (unpaired) electrons. The number of nitrogens with zero attached hydrogens (tertiary/aromatic N) is 2. The molecule has 5 rings (SSSR count). The van der Waals surface area contributed by atoms with Gasteiger partial charge in [0.15, 0.2) is 0 Å². The number of aliphatic hydroxyl groups is 1. The van der Waals surface area contributed by atoms with E-state index in [0.717, 1.165) is 40.1 Å². The van der Waals surface area contributed by atoms with Gasteiger partial charge in [0.05, 0.1) is 30.1 Å². The van der Waals surface area contributed by atoms with Crippen molar-refractivity contribution in [3.63, 3.8) is 0 Å². The number of carbonyl (C=O) groups is 3. The van der Waals surface area contributed by atoms with Gasteiger partial charge in [-0.05, 0) is 73.5 Å². The van der Waals surface area contributed by atoms with Crippen molar-refractivity contribution in [2.45, 2.75) is 51.0 Å². The zero-order valence-corrected chi connectivity index (χ0v) is 32.4. The predicted octanol–water partition coefficient (Wildman–Crippen LogP) is 4.91. The summed E-state index contributed by atoms with van der Waals surface area (Å²) in [6.07, 6.45) is 1.62. The van der Waals surface area contributed by atoms with Crippen molar-refractivity contribution < 1.29 is 32.6 Å². The van der Waals surface area contributed by atoms with Crippen LogP contribution in [0.3, 0.4) is 0 Å². The maximum absolute atomic E-state index is 13.9. The predicted molar refractivity (Wildman–Crippen MR) is 213 cm³/mol. The van der Waals surface area contributed by atoms with E-state index in [1.54, 1.807) is 4.90 Å². The van der Waals surface area contributed by atoms with E-state index >= 15 is 0 Å². The molecule has 0 spiro atoms. The van der Waals surface area contributed by atoms with Crippen LogP contribution in [0.25, 0.3) is 0 Å². The highest BCUT2D eigenvalue weighted by Gasteiger charge is 2.27. The van der Waals surface area contributed by atoms with E-state index in [4.69, 9.17) is 4.74 Å². The Kier molecular flexibility index (Phi) is 14.4. The largest absolute Gasteiger partial charge is 0.445 e. The first kappa shape index (κ1) is 40.9. The van der Waals surface area contributed by atoms with E-state index in [1.165, 1.54) is 25.2 Å². The molecule has 3 amide bonds. The molecule has 4 aromatic rings. The lowest BCUT2D eigenvalue weighted by Crippen LogP contribution is -2.49. The summed E-state index contributed by atoms with van der Waals surface area (Å²) < 4.78 is 31.6. The highest BCUT2D eigenvalue weighted by molar-refractivity contribution is 7.92. The van der Waals surface area contributed by atoms with Gasteiger partial charge in [0.25, 0.3) is 11.8 Å². The number of sulfonamides is 1. The Labute approximate surface area is 323 Å². The van der Waals surface area contributed by atoms with Crippen LogP contribution in [-0.2, 0) is 27.8 Å². The first-order valence-corrected chi connectivity index (χ1v) is 20.4. The number of benzene rings is 4. The molecule has 1 aliphatic heterocycles. The fourth-order valence-electron chi connectivity index (χ4n) is 6.46. The van der Waals surface area contributed by atoms with E-state index in [0.29, 0.717) is 26.1 Å². The van der Waals surface area contributed by atoms with Gasteiger partial charge in [-0.2, -0.15) is 0 Å². The molecule has 0 bridgehead atoms. The molecule has 4 aromatic carbocycles. The van der Waals surface area contributed by atoms with Gasteiger partial charge in [-0.3, -0.25) is 13.9 Å². The monoisotopic (exact) mass is 769 g/mol. The second-order valence-electron chi connectivity index (χ2n) is 14.1. The molecule has 12 nitrogen and oxygen atoms in total. The Morgan fingerprint density at radius 1 is 0.836 bits per heavy atom. The molecule has 0 saturated carbocycles. The van der Waals surface area contributed by atoms with Gasteiger partial charge >= 0.3 is 6.09 Å². The Morgan fingerprint density at radius 3 is 1.96 bits per heavy atom. The topological polar surface area (TPSA) is 157 Å². The molecular formula is C42H51N5O7S. The second kappa shape index (κ2) is 19.4. The molecule has 292 valence electrons. The summed E-state index contributed by atoms with van der Waals surface area (Å²) in [5.41, 5.74) is 3.04. The van der Waals surface area contributed by atoms with Crippen LogP contribution in [0.15, 0.2) is 109 Å². The van der Waals surface area contributed by atoms with Gasteiger partial charge in [0.1, 0.15) is 6.61 Å². The minimum absolute atomic E-state index is 0.0674. The number of aliphatic hydroxyl groups excluding tert-OH is 1. The standard InChI is InChI=1S/C42H51N5O7S/c1-30(34-17-11-6-12-18-34)44-40(49)35-24-36(26-37(25-35)46(2)55(3,52)53)41(50)45-38(23-31-13-7-4-8-14-31)39(48)28-43-27-32-19-21-47(22-20-32)42(51)54-29-33-15-9-5-10-16-33/h4-18,24-26,30,32,38-39,43,48H,19-23,27-29H2,1-3H3,(H,44,49)(H,45,50)/t30-,38+,39-/m1/s1. The summed E-state index contributed by atoms with van der Waals surface area (Å²) in [5, 5.41) is 20.7. The highest BCUT2D eigenvalue weighted by Crippen LogP contribution is 2.23. The number of rotatable bonds is 16. The lowest BCUT2D eigenvalue weighted by molar-refractivity contribution is 0.0784. The van der Waals surface area contributed by atoms with Crippen molar-refractivity contribution in [1.29, 1.82) is 0 Å². The molecule has 0 aromatic heterocycles. The molecule has 1 saturated heterocycles. The second-order valence-corrected chi connectivity index (χ2v) is 16.1. The third-order valence-electron chi connectivity index (χ3n) is 9.89. The highest BCUT2D eigenvalue weighted by atomic mass is 32.2. The lowest BCUT2D eigenvalue weighted by Gasteiger charge is -2.32. The van der Waals surface area contributed by atoms with Crippen LogP contribution in [0.1, 0.15) is 63.2 Å². The minimum Gasteiger partial charge on any atom is -0.445 e. The van der Waals surface area contributed by atoms with Crippen LogP contribution in [0.5, 0.6) is 0 Å². The van der Waals surface area contributed by atoms with Crippen LogP contribution >= 0.6 is 0 Å². The number of nitrogens with one attached hydrogen (secondary N) is 3. The molecular weight excluding hydrogens is 719 g/mol. The molecule has 1 fully saturated rings. The molecule has 0 aliphatic carbocycles. The number of piperidine rings is 1. The number of likely N-dealkylation sites (tertiary alicyclic amines) is 1. The number of hydrogen-bond acceptors (Lipinski definition) is 8. The Balaban J connectivity index is 1.23. The van der Waals surface area contributed by atoms with Gasteiger partial charge in [-0.1, -0.05) is 91.0 Å². The number of amides is 3. The van der Waals surface area contributed by atoms with E-state index in [9.17, 15) is 27.9 Å². The van der Waals surface area contributed by atoms with Gasteiger partial charge in [-0.25, -0.2) is 13.2 Å². The zero-order valence-electron chi connectivity index (χ0n) is 31.6. The minimum atomic E-state index is -3.73. The van der Waals surface area contributed by atoms with Gasteiger partial charge in [0, 0.05) is 37.8 Å². The van der Waals surface area contributed by atoms with Crippen molar-refractivity contribution >= 4 is 33.6 Å². The van der Waals surface area contributed by atoms with Crippen molar-refractivity contribution in [1.82, 2.24) is 20.9 Å². The molecule has 55 heavy (non-hydrogen) atoms. The summed E-state index contributed by atoms with van der Waals surface area (Å²) in [4.78, 5) is 41.8. The summed E-state index contributed by atoms with van der Waals surface area (Å²) in [6, 6.07) is 31.6. The number of ether oxygens (including phenoxy) is 1. The van der Waals surface area contributed by atoms with Crippen LogP contribution in [-0.4, -0.2) is 88.0 Å². The van der Waals surface area contributed by atoms with E-state index in [2.05, 4.69) is 16.0 Å². The summed E-state index contributed by atoms with van der Waals surface area (Å²) >= 11 is 0. The number of anilines is 1. The van der Waals surface area contributed by atoms with Crippen molar-refractivity contribution in [3.05, 3.63) is 137 Å².